The SMILES string of the molecule is COc1ccc(Cn2ccc3c(/C=C/C#C[Si](C)(C)C)cccc32)cc1. The van der Waals surface area contributed by atoms with Crippen molar-refractivity contribution in [1.82, 2.24) is 4.57 Å². The number of fused-ring (bicyclic) bond motifs is 1. The maximum absolute atomic E-state index is 5.24. The maximum atomic E-state index is 5.24. The third-order valence-electron chi connectivity index (χ3n) is 4.15. The molecular formula is C23H25NOSi. The highest BCUT2D eigenvalue weighted by Crippen LogP contribution is 2.23. The first-order chi connectivity index (χ1) is 12.5. The minimum Gasteiger partial charge on any atom is -0.497 e. The zero-order valence-corrected chi connectivity index (χ0v) is 16.9. The molecule has 0 unspecified atom stereocenters. The Bertz CT molecular complexity index is 979. The molecule has 26 heavy (non-hydrogen) atoms. The molecule has 0 saturated heterocycles. The molecule has 1 heterocycles. The van der Waals surface area contributed by atoms with E-state index in [1.54, 1.807) is 7.11 Å². The Morgan fingerprint density at radius 1 is 1.04 bits per heavy atom. The quantitative estimate of drug-likeness (QED) is 0.437. The maximum Gasteiger partial charge on any atom is 0.129 e. The number of hydrogen-bond donors (Lipinski definition) is 0. The van der Waals surface area contributed by atoms with Crippen LogP contribution in [0, 0.1) is 11.5 Å². The number of rotatable bonds is 4. The summed E-state index contributed by atoms with van der Waals surface area (Å²) in [6.07, 6.45) is 6.25. The van der Waals surface area contributed by atoms with Gasteiger partial charge < -0.3 is 9.30 Å². The largest absolute Gasteiger partial charge is 0.497 e. The van der Waals surface area contributed by atoms with Crippen molar-refractivity contribution in [3.05, 3.63) is 71.9 Å². The number of benzene rings is 2. The summed E-state index contributed by atoms with van der Waals surface area (Å²) in [6.45, 7) is 7.62. The summed E-state index contributed by atoms with van der Waals surface area (Å²) >= 11 is 0. The molecule has 0 aliphatic heterocycles. The van der Waals surface area contributed by atoms with Crippen LogP contribution in [-0.4, -0.2) is 19.8 Å². The summed E-state index contributed by atoms with van der Waals surface area (Å²) in [7, 11) is 0.371. The molecule has 3 heteroatoms. The number of ether oxygens (including phenoxy) is 1. The lowest BCUT2D eigenvalue weighted by atomic mass is 10.1. The van der Waals surface area contributed by atoms with Gasteiger partial charge in [0.05, 0.1) is 7.11 Å². The molecule has 3 rings (SSSR count). The summed E-state index contributed by atoms with van der Waals surface area (Å²) in [5.74, 6) is 4.10. The van der Waals surface area contributed by atoms with Gasteiger partial charge >= 0.3 is 0 Å². The fourth-order valence-electron chi connectivity index (χ4n) is 2.85. The zero-order valence-electron chi connectivity index (χ0n) is 15.9. The van der Waals surface area contributed by atoms with Crippen molar-refractivity contribution < 1.29 is 4.74 Å². The second-order valence-corrected chi connectivity index (χ2v) is 12.2. The first-order valence-corrected chi connectivity index (χ1v) is 12.4. The van der Waals surface area contributed by atoms with E-state index >= 15 is 0 Å². The smallest absolute Gasteiger partial charge is 0.129 e. The van der Waals surface area contributed by atoms with Crippen LogP contribution >= 0.6 is 0 Å². The van der Waals surface area contributed by atoms with Crippen LogP contribution in [0.3, 0.4) is 0 Å². The lowest BCUT2D eigenvalue weighted by molar-refractivity contribution is 0.414. The van der Waals surface area contributed by atoms with Gasteiger partial charge in [-0.25, -0.2) is 0 Å². The molecule has 0 aliphatic carbocycles. The first-order valence-electron chi connectivity index (χ1n) is 8.86. The average Bonchev–Trinajstić information content (AvgIpc) is 3.02. The summed E-state index contributed by atoms with van der Waals surface area (Å²) in [4.78, 5) is 0. The monoisotopic (exact) mass is 359 g/mol. The van der Waals surface area contributed by atoms with E-state index in [9.17, 15) is 0 Å². The van der Waals surface area contributed by atoms with Gasteiger partial charge in [-0.3, -0.25) is 0 Å². The molecule has 0 radical (unpaired) electrons. The van der Waals surface area contributed by atoms with Gasteiger partial charge in [0.15, 0.2) is 0 Å². The fourth-order valence-corrected chi connectivity index (χ4v) is 3.36. The number of methoxy groups -OCH3 is 1. The Labute approximate surface area is 157 Å². The lowest BCUT2D eigenvalue weighted by Gasteiger charge is -2.07. The van der Waals surface area contributed by atoms with Crippen LogP contribution in [0.1, 0.15) is 11.1 Å². The van der Waals surface area contributed by atoms with Crippen molar-refractivity contribution in [3.63, 3.8) is 0 Å². The summed E-state index contributed by atoms with van der Waals surface area (Å²) in [6, 6.07) is 16.8. The van der Waals surface area contributed by atoms with Crippen molar-refractivity contribution in [2.24, 2.45) is 0 Å². The van der Waals surface area contributed by atoms with E-state index in [2.05, 4.69) is 84.3 Å². The van der Waals surface area contributed by atoms with E-state index in [1.807, 2.05) is 18.2 Å². The molecule has 0 amide bonds. The summed E-state index contributed by atoms with van der Waals surface area (Å²) in [5, 5.41) is 1.26. The lowest BCUT2D eigenvalue weighted by Crippen LogP contribution is -2.16. The molecule has 1 aromatic heterocycles. The normalized spacial score (nSPS) is 11.5. The van der Waals surface area contributed by atoms with Crippen molar-refractivity contribution >= 4 is 25.1 Å². The van der Waals surface area contributed by atoms with Crippen molar-refractivity contribution in [1.29, 1.82) is 0 Å². The Morgan fingerprint density at radius 3 is 2.50 bits per heavy atom. The van der Waals surface area contributed by atoms with Crippen LogP contribution in [0.5, 0.6) is 5.75 Å². The number of nitrogens with zero attached hydrogens (tertiary/aromatic N) is 1. The first kappa shape index (κ1) is 18.1. The molecule has 0 N–H and O–H groups in total. The zero-order chi connectivity index (χ0) is 18.6. The molecule has 2 aromatic carbocycles. The van der Waals surface area contributed by atoms with Crippen LogP contribution in [0.4, 0.5) is 0 Å². The van der Waals surface area contributed by atoms with Crippen LogP contribution in [-0.2, 0) is 6.54 Å². The van der Waals surface area contributed by atoms with Gasteiger partial charge in [-0.2, -0.15) is 0 Å². The highest BCUT2D eigenvalue weighted by molar-refractivity contribution is 6.83. The third kappa shape index (κ3) is 4.47. The standard InChI is InChI=1S/C23H25NOSi/c1-25-21-13-11-19(12-14-21)18-24-16-15-22-20(9-7-10-23(22)24)8-5-6-17-26(2,3)4/h5,7-16H,18H2,1-4H3/b8-5+. The molecule has 132 valence electrons. The molecule has 0 saturated carbocycles. The molecule has 0 aliphatic rings. The van der Waals surface area contributed by atoms with Crippen molar-refractivity contribution in [2.75, 3.05) is 7.11 Å². The van der Waals surface area contributed by atoms with Crippen LogP contribution in [0.25, 0.3) is 17.0 Å². The van der Waals surface area contributed by atoms with Crippen molar-refractivity contribution in [2.45, 2.75) is 26.2 Å². The minimum atomic E-state index is -1.32. The van der Waals surface area contributed by atoms with E-state index in [4.69, 9.17) is 4.74 Å². The van der Waals surface area contributed by atoms with E-state index in [1.165, 1.54) is 22.0 Å². The Kier molecular flexibility index (Phi) is 5.34. The van der Waals surface area contributed by atoms with Gasteiger partial charge in [0.1, 0.15) is 13.8 Å². The van der Waals surface area contributed by atoms with Gasteiger partial charge in [-0.1, -0.05) is 49.8 Å². The molecule has 0 atom stereocenters. The van der Waals surface area contributed by atoms with E-state index in [0.29, 0.717) is 0 Å². The third-order valence-corrected chi connectivity index (χ3v) is 5.05. The molecule has 2 nitrogen and oxygen atoms in total. The molecule has 0 bridgehead atoms. The Balaban J connectivity index is 1.85. The average molecular weight is 360 g/mol. The van der Waals surface area contributed by atoms with Gasteiger partial charge in [-0.05, 0) is 47.5 Å². The molecule has 0 spiro atoms. The predicted molar refractivity (Wildman–Crippen MR) is 114 cm³/mol. The number of aromatic nitrogens is 1. The van der Waals surface area contributed by atoms with E-state index < -0.39 is 8.07 Å². The highest BCUT2D eigenvalue weighted by Gasteiger charge is 2.07. The molecular weight excluding hydrogens is 334 g/mol. The summed E-state index contributed by atoms with van der Waals surface area (Å²) in [5.41, 5.74) is 7.08. The van der Waals surface area contributed by atoms with E-state index in [-0.39, 0.29) is 0 Å². The van der Waals surface area contributed by atoms with Gasteiger partial charge in [-0.15, -0.1) is 5.54 Å². The highest BCUT2D eigenvalue weighted by atomic mass is 28.3. The topological polar surface area (TPSA) is 14.2 Å². The number of allylic oxidation sites excluding steroid dienone is 1. The molecule has 3 aromatic rings. The Morgan fingerprint density at radius 2 is 1.81 bits per heavy atom. The van der Waals surface area contributed by atoms with Gasteiger partial charge in [0, 0.05) is 23.6 Å². The van der Waals surface area contributed by atoms with Gasteiger partial charge in [0.25, 0.3) is 0 Å². The predicted octanol–water partition coefficient (Wildman–Crippen LogP) is 5.59. The number of hydrogen-bond acceptors (Lipinski definition) is 1. The Hall–Kier alpha value is -2.70. The van der Waals surface area contributed by atoms with Gasteiger partial charge in [0.2, 0.25) is 0 Å². The van der Waals surface area contributed by atoms with E-state index in [0.717, 1.165) is 12.3 Å². The summed E-state index contributed by atoms with van der Waals surface area (Å²) < 4.78 is 7.52. The van der Waals surface area contributed by atoms with Crippen molar-refractivity contribution in [3.8, 4) is 17.2 Å². The fraction of sp³-hybridized carbons (Fsp3) is 0.217. The van der Waals surface area contributed by atoms with Crippen LogP contribution in [0.15, 0.2) is 60.8 Å². The van der Waals surface area contributed by atoms with Crippen LogP contribution < -0.4 is 4.74 Å². The minimum absolute atomic E-state index is 0.843. The second-order valence-electron chi connectivity index (χ2n) is 7.42. The second kappa shape index (κ2) is 7.68. The van der Waals surface area contributed by atoms with Crippen LogP contribution in [0.2, 0.25) is 19.6 Å². The molecule has 0 fully saturated rings.